The van der Waals surface area contributed by atoms with E-state index >= 15 is 0 Å². The summed E-state index contributed by atoms with van der Waals surface area (Å²) in [6.45, 7) is 6.56. The van der Waals surface area contributed by atoms with Gasteiger partial charge in [-0.05, 0) is 56.9 Å². The quantitative estimate of drug-likeness (QED) is 0.754. The van der Waals surface area contributed by atoms with E-state index in [4.69, 9.17) is 0 Å². The molecule has 5 unspecified atom stereocenters. The molecule has 0 aromatic heterocycles. The first-order valence-electron chi connectivity index (χ1n) is 8.85. The van der Waals surface area contributed by atoms with E-state index < -0.39 is 0 Å². The first kappa shape index (κ1) is 12.6. The number of hydrogen-bond donors (Lipinski definition) is 0. The molecule has 2 heterocycles. The van der Waals surface area contributed by atoms with Crippen LogP contribution in [0, 0.1) is 11.8 Å². The van der Waals surface area contributed by atoms with Crippen LogP contribution < -0.4 is 0 Å². The fourth-order valence-electron chi connectivity index (χ4n) is 5.66. The van der Waals surface area contributed by atoms with Gasteiger partial charge in [0.25, 0.3) is 0 Å². The monoisotopic (exact) mass is 262 g/mol. The van der Waals surface area contributed by atoms with E-state index in [1.807, 2.05) is 0 Å². The molecule has 0 aromatic rings. The van der Waals surface area contributed by atoms with Crippen LogP contribution in [0.1, 0.15) is 58.3 Å². The molecular formula is C17H30N2. The van der Waals surface area contributed by atoms with Crippen molar-refractivity contribution in [2.24, 2.45) is 11.8 Å². The molecule has 19 heavy (non-hydrogen) atoms. The summed E-state index contributed by atoms with van der Waals surface area (Å²) in [5.41, 5.74) is 0. The molecule has 0 N–H and O–H groups in total. The second-order valence-electron chi connectivity index (χ2n) is 7.65. The van der Waals surface area contributed by atoms with E-state index in [1.165, 1.54) is 58.2 Å². The highest BCUT2D eigenvalue weighted by Gasteiger charge is 2.46. The van der Waals surface area contributed by atoms with Crippen LogP contribution in [0.5, 0.6) is 0 Å². The molecule has 0 amide bonds. The van der Waals surface area contributed by atoms with E-state index in [-0.39, 0.29) is 0 Å². The third kappa shape index (κ3) is 2.15. The highest BCUT2D eigenvalue weighted by Crippen LogP contribution is 2.48. The Morgan fingerprint density at radius 2 is 1.95 bits per heavy atom. The SMILES string of the molecule is CCC1CN2CCCCC2CN1C1CC2CCC1C2. The summed E-state index contributed by atoms with van der Waals surface area (Å²) in [7, 11) is 0. The summed E-state index contributed by atoms with van der Waals surface area (Å²) in [5, 5.41) is 0. The molecule has 0 radical (unpaired) electrons. The Labute approximate surface area is 118 Å². The lowest BCUT2D eigenvalue weighted by Gasteiger charge is -2.51. The van der Waals surface area contributed by atoms with Gasteiger partial charge < -0.3 is 0 Å². The molecular weight excluding hydrogens is 232 g/mol. The minimum Gasteiger partial charge on any atom is -0.298 e. The summed E-state index contributed by atoms with van der Waals surface area (Å²) < 4.78 is 0. The number of nitrogens with zero attached hydrogens (tertiary/aromatic N) is 2. The van der Waals surface area contributed by atoms with Gasteiger partial charge in [0.05, 0.1) is 0 Å². The average Bonchev–Trinajstić information content (AvgIpc) is 3.08. The molecule has 2 saturated carbocycles. The zero-order valence-electron chi connectivity index (χ0n) is 12.6. The van der Waals surface area contributed by atoms with Gasteiger partial charge in [0, 0.05) is 31.2 Å². The molecule has 2 aliphatic carbocycles. The van der Waals surface area contributed by atoms with Crippen molar-refractivity contribution in [2.45, 2.75) is 76.4 Å². The van der Waals surface area contributed by atoms with Crippen LogP contribution in [0.3, 0.4) is 0 Å². The number of piperidine rings is 1. The van der Waals surface area contributed by atoms with Crippen molar-refractivity contribution in [1.29, 1.82) is 0 Å². The first-order valence-corrected chi connectivity index (χ1v) is 8.85. The van der Waals surface area contributed by atoms with Crippen molar-refractivity contribution in [3.05, 3.63) is 0 Å². The van der Waals surface area contributed by atoms with Crippen molar-refractivity contribution in [3.63, 3.8) is 0 Å². The van der Waals surface area contributed by atoms with Gasteiger partial charge in [0.1, 0.15) is 0 Å². The van der Waals surface area contributed by atoms with Crippen molar-refractivity contribution >= 4 is 0 Å². The van der Waals surface area contributed by atoms with Gasteiger partial charge in [-0.3, -0.25) is 9.80 Å². The average molecular weight is 262 g/mol. The van der Waals surface area contributed by atoms with Crippen LogP contribution in [0.25, 0.3) is 0 Å². The summed E-state index contributed by atoms with van der Waals surface area (Å²) in [6.07, 6.45) is 11.9. The summed E-state index contributed by atoms with van der Waals surface area (Å²) in [5.74, 6) is 2.16. The highest BCUT2D eigenvalue weighted by molar-refractivity contribution is 5.00. The van der Waals surface area contributed by atoms with Gasteiger partial charge >= 0.3 is 0 Å². The number of hydrogen-bond acceptors (Lipinski definition) is 2. The topological polar surface area (TPSA) is 6.48 Å². The first-order chi connectivity index (χ1) is 9.35. The van der Waals surface area contributed by atoms with Crippen LogP contribution in [-0.2, 0) is 0 Å². The van der Waals surface area contributed by atoms with E-state index in [0.29, 0.717) is 0 Å². The molecule has 4 rings (SSSR count). The fourth-order valence-corrected chi connectivity index (χ4v) is 5.66. The third-order valence-electron chi connectivity index (χ3n) is 6.68. The van der Waals surface area contributed by atoms with Crippen LogP contribution >= 0.6 is 0 Å². The van der Waals surface area contributed by atoms with Gasteiger partial charge in [-0.1, -0.05) is 19.8 Å². The number of fused-ring (bicyclic) bond motifs is 3. The van der Waals surface area contributed by atoms with Gasteiger partial charge in [-0.15, -0.1) is 0 Å². The molecule has 4 fully saturated rings. The van der Waals surface area contributed by atoms with Crippen LogP contribution in [0.4, 0.5) is 0 Å². The normalized spacial score (nSPS) is 47.5. The smallest absolute Gasteiger partial charge is 0.0224 e. The Morgan fingerprint density at radius 1 is 1.00 bits per heavy atom. The maximum Gasteiger partial charge on any atom is 0.0224 e. The summed E-state index contributed by atoms with van der Waals surface area (Å²) in [6, 6.07) is 2.72. The Hall–Kier alpha value is -0.0800. The van der Waals surface area contributed by atoms with Crippen LogP contribution in [0.2, 0.25) is 0 Å². The maximum atomic E-state index is 2.98. The van der Waals surface area contributed by atoms with Gasteiger partial charge in [-0.2, -0.15) is 0 Å². The molecule has 0 aromatic carbocycles. The molecule has 5 atom stereocenters. The van der Waals surface area contributed by atoms with Crippen molar-refractivity contribution < 1.29 is 0 Å². The fraction of sp³-hybridized carbons (Fsp3) is 1.00. The molecule has 2 aliphatic heterocycles. The lowest BCUT2D eigenvalue weighted by molar-refractivity contribution is -0.0277. The highest BCUT2D eigenvalue weighted by atomic mass is 15.3. The molecule has 0 spiro atoms. The summed E-state index contributed by atoms with van der Waals surface area (Å²) in [4.78, 5) is 5.80. The van der Waals surface area contributed by atoms with Gasteiger partial charge in [-0.25, -0.2) is 0 Å². The molecule has 108 valence electrons. The Bertz CT molecular complexity index is 329. The van der Waals surface area contributed by atoms with E-state index in [1.54, 1.807) is 12.8 Å². The standard InChI is InChI=1S/C17H30N2/c1-2-15-11-18-8-4-3-5-16(18)12-19(15)17-10-13-6-7-14(17)9-13/h13-17H,2-12H2,1H3. The van der Waals surface area contributed by atoms with Crippen LogP contribution in [-0.4, -0.2) is 47.6 Å². The van der Waals surface area contributed by atoms with Crippen molar-refractivity contribution in [3.8, 4) is 0 Å². The molecule has 2 nitrogen and oxygen atoms in total. The largest absolute Gasteiger partial charge is 0.298 e. The second-order valence-corrected chi connectivity index (χ2v) is 7.65. The number of rotatable bonds is 2. The molecule has 4 aliphatic rings. The summed E-state index contributed by atoms with van der Waals surface area (Å²) >= 11 is 0. The van der Waals surface area contributed by atoms with Gasteiger partial charge in [0.2, 0.25) is 0 Å². The van der Waals surface area contributed by atoms with Crippen molar-refractivity contribution in [1.82, 2.24) is 9.80 Å². The lowest BCUT2D eigenvalue weighted by atomic mass is 9.89. The zero-order valence-corrected chi connectivity index (χ0v) is 12.6. The minimum absolute atomic E-state index is 0.860. The predicted molar refractivity (Wildman–Crippen MR) is 79.2 cm³/mol. The Kier molecular flexibility index (Phi) is 3.35. The lowest BCUT2D eigenvalue weighted by Crippen LogP contribution is -2.62. The van der Waals surface area contributed by atoms with Gasteiger partial charge in [0.15, 0.2) is 0 Å². The molecule has 2 bridgehead atoms. The predicted octanol–water partition coefficient (Wildman–Crippen LogP) is 3.12. The zero-order chi connectivity index (χ0) is 12.8. The second kappa shape index (κ2) is 5.04. The Balaban J connectivity index is 1.50. The van der Waals surface area contributed by atoms with E-state index in [0.717, 1.165) is 30.0 Å². The van der Waals surface area contributed by atoms with Crippen molar-refractivity contribution in [2.75, 3.05) is 19.6 Å². The molecule has 2 saturated heterocycles. The van der Waals surface area contributed by atoms with E-state index in [2.05, 4.69) is 16.7 Å². The Morgan fingerprint density at radius 3 is 2.68 bits per heavy atom. The van der Waals surface area contributed by atoms with Crippen LogP contribution in [0.15, 0.2) is 0 Å². The molecule has 2 heteroatoms. The van der Waals surface area contributed by atoms with E-state index in [9.17, 15) is 0 Å². The third-order valence-corrected chi connectivity index (χ3v) is 6.68. The minimum atomic E-state index is 0.860. The number of piperazine rings is 1. The maximum absolute atomic E-state index is 2.98.